The van der Waals surface area contributed by atoms with Crippen LogP contribution in [0.25, 0.3) is 0 Å². The molecule has 2 heteroatoms. The van der Waals surface area contributed by atoms with Crippen LogP contribution in [0.15, 0.2) is 5.38 Å². The Morgan fingerprint density at radius 3 is 2.54 bits per heavy atom. The molecule has 1 heterocycles. The molecule has 2 rings (SSSR count). The van der Waals surface area contributed by atoms with Gasteiger partial charge in [0.1, 0.15) is 0 Å². The zero-order chi connectivity index (χ0) is 9.42. The van der Waals surface area contributed by atoms with E-state index in [9.17, 15) is 0 Å². The van der Waals surface area contributed by atoms with Gasteiger partial charge in [0.15, 0.2) is 0 Å². The second-order valence-electron chi connectivity index (χ2n) is 3.98. The van der Waals surface area contributed by atoms with Crippen molar-refractivity contribution >= 4 is 11.3 Å². The predicted molar refractivity (Wildman–Crippen MR) is 58.3 cm³/mol. The minimum Gasteiger partial charge on any atom is -0.313 e. The molecule has 72 valence electrons. The molecular weight excluding hydrogens is 178 g/mol. The van der Waals surface area contributed by atoms with Gasteiger partial charge in [0.25, 0.3) is 0 Å². The van der Waals surface area contributed by atoms with Crippen molar-refractivity contribution in [2.75, 3.05) is 7.05 Å². The highest BCUT2D eigenvalue weighted by Crippen LogP contribution is 2.43. The van der Waals surface area contributed by atoms with Crippen LogP contribution >= 0.6 is 11.3 Å². The van der Waals surface area contributed by atoms with Crippen LogP contribution in [0.1, 0.15) is 34.9 Å². The quantitative estimate of drug-likeness (QED) is 0.781. The Morgan fingerprint density at radius 1 is 1.46 bits per heavy atom. The first-order valence-electron chi connectivity index (χ1n) is 4.96. The van der Waals surface area contributed by atoms with Gasteiger partial charge in [-0.05, 0) is 56.2 Å². The average molecular weight is 195 g/mol. The molecule has 0 bridgehead atoms. The second kappa shape index (κ2) is 3.43. The van der Waals surface area contributed by atoms with Gasteiger partial charge in [-0.3, -0.25) is 0 Å². The fourth-order valence-corrected chi connectivity index (χ4v) is 2.83. The van der Waals surface area contributed by atoms with Crippen molar-refractivity contribution in [2.45, 2.75) is 32.7 Å². The molecule has 1 aromatic rings. The maximum absolute atomic E-state index is 3.44. The first-order valence-corrected chi connectivity index (χ1v) is 5.84. The number of aryl methyl sites for hydroxylation is 1. The standard InChI is InChI=1S/C11H17NS/c1-7-8(2)13-6-10(7)11(12-3)9-4-5-9/h6,9,11-12H,4-5H2,1-3H3. The van der Waals surface area contributed by atoms with Crippen LogP contribution in [0.4, 0.5) is 0 Å². The zero-order valence-electron chi connectivity index (χ0n) is 8.55. The van der Waals surface area contributed by atoms with E-state index in [0.29, 0.717) is 6.04 Å². The van der Waals surface area contributed by atoms with E-state index in [1.54, 1.807) is 0 Å². The molecule has 0 spiro atoms. The first-order chi connectivity index (χ1) is 6.24. The molecule has 1 unspecified atom stereocenters. The first kappa shape index (κ1) is 9.22. The molecule has 1 aliphatic carbocycles. The van der Waals surface area contributed by atoms with E-state index in [1.807, 2.05) is 11.3 Å². The fraction of sp³-hybridized carbons (Fsp3) is 0.636. The van der Waals surface area contributed by atoms with Crippen LogP contribution in [0.3, 0.4) is 0 Å². The number of nitrogens with one attached hydrogen (secondary N) is 1. The molecule has 0 aliphatic heterocycles. The summed E-state index contributed by atoms with van der Waals surface area (Å²) >= 11 is 1.88. The highest BCUT2D eigenvalue weighted by Gasteiger charge is 2.32. The Kier molecular flexibility index (Phi) is 2.43. The lowest BCUT2D eigenvalue weighted by Gasteiger charge is -2.15. The monoisotopic (exact) mass is 195 g/mol. The fourth-order valence-electron chi connectivity index (χ4n) is 1.91. The average Bonchev–Trinajstić information content (AvgIpc) is 2.89. The maximum atomic E-state index is 3.44. The molecule has 1 atom stereocenters. The lowest BCUT2D eigenvalue weighted by Crippen LogP contribution is -2.18. The van der Waals surface area contributed by atoms with E-state index >= 15 is 0 Å². The van der Waals surface area contributed by atoms with Gasteiger partial charge < -0.3 is 5.32 Å². The van der Waals surface area contributed by atoms with Gasteiger partial charge in [0.2, 0.25) is 0 Å². The minimum absolute atomic E-state index is 0.616. The van der Waals surface area contributed by atoms with Crippen LogP contribution in [-0.2, 0) is 0 Å². The van der Waals surface area contributed by atoms with E-state index in [4.69, 9.17) is 0 Å². The van der Waals surface area contributed by atoms with E-state index in [2.05, 4.69) is 31.6 Å². The molecular formula is C11H17NS. The molecule has 0 saturated heterocycles. The van der Waals surface area contributed by atoms with Crippen molar-refractivity contribution in [1.82, 2.24) is 5.32 Å². The van der Waals surface area contributed by atoms with E-state index in [-0.39, 0.29) is 0 Å². The summed E-state index contributed by atoms with van der Waals surface area (Å²) in [5, 5.41) is 5.76. The molecule has 1 aromatic heterocycles. The minimum atomic E-state index is 0.616. The highest BCUT2D eigenvalue weighted by atomic mass is 32.1. The topological polar surface area (TPSA) is 12.0 Å². The summed E-state index contributed by atoms with van der Waals surface area (Å²) in [7, 11) is 2.08. The van der Waals surface area contributed by atoms with Crippen molar-refractivity contribution in [3.8, 4) is 0 Å². The lowest BCUT2D eigenvalue weighted by molar-refractivity contribution is 0.528. The van der Waals surface area contributed by atoms with Crippen LogP contribution in [-0.4, -0.2) is 7.05 Å². The molecule has 0 radical (unpaired) electrons. The largest absolute Gasteiger partial charge is 0.313 e. The summed E-state index contributed by atoms with van der Waals surface area (Å²) < 4.78 is 0. The molecule has 1 nitrogen and oxygen atoms in total. The van der Waals surface area contributed by atoms with E-state index < -0.39 is 0 Å². The van der Waals surface area contributed by atoms with Gasteiger partial charge in [-0.2, -0.15) is 0 Å². The Morgan fingerprint density at radius 2 is 2.15 bits per heavy atom. The maximum Gasteiger partial charge on any atom is 0.0357 e. The summed E-state index contributed by atoms with van der Waals surface area (Å²) in [5.41, 5.74) is 3.03. The van der Waals surface area contributed by atoms with Gasteiger partial charge >= 0.3 is 0 Å². The van der Waals surface area contributed by atoms with Gasteiger partial charge in [0, 0.05) is 10.9 Å². The summed E-state index contributed by atoms with van der Waals surface area (Å²) in [4.78, 5) is 1.47. The Labute approximate surface area is 84.2 Å². The molecule has 1 N–H and O–H groups in total. The third-order valence-electron chi connectivity index (χ3n) is 3.06. The Hall–Kier alpha value is -0.340. The highest BCUT2D eigenvalue weighted by molar-refractivity contribution is 7.10. The van der Waals surface area contributed by atoms with Crippen LogP contribution in [0.5, 0.6) is 0 Å². The smallest absolute Gasteiger partial charge is 0.0357 e. The molecule has 0 aromatic carbocycles. The lowest BCUT2D eigenvalue weighted by atomic mass is 10.0. The Balaban J connectivity index is 2.26. The van der Waals surface area contributed by atoms with Crippen LogP contribution in [0, 0.1) is 19.8 Å². The van der Waals surface area contributed by atoms with Crippen molar-refractivity contribution in [1.29, 1.82) is 0 Å². The molecule has 1 saturated carbocycles. The van der Waals surface area contributed by atoms with Gasteiger partial charge in [-0.15, -0.1) is 11.3 Å². The van der Waals surface area contributed by atoms with Crippen molar-refractivity contribution in [2.24, 2.45) is 5.92 Å². The summed E-state index contributed by atoms with van der Waals surface area (Å²) in [6.45, 7) is 4.46. The van der Waals surface area contributed by atoms with Gasteiger partial charge in [0.05, 0.1) is 0 Å². The number of rotatable bonds is 3. The third-order valence-corrected chi connectivity index (χ3v) is 4.09. The van der Waals surface area contributed by atoms with Gasteiger partial charge in [-0.25, -0.2) is 0 Å². The molecule has 13 heavy (non-hydrogen) atoms. The second-order valence-corrected chi connectivity index (χ2v) is 5.06. The summed E-state index contributed by atoms with van der Waals surface area (Å²) in [6.07, 6.45) is 2.81. The Bertz CT molecular complexity index is 299. The normalized spacial score (nSPS) is 19.0. The van der Waals surface area contributed by atoms with Crippen LogP contribution < -0.4 is 5.32 Å². The number of hydrogen-bond acceptors (Lipinski definition) is 2. The number of thiophene rings is 1. The van der Waals surface area contributed by atoms with Gasteiger partial charge in [-0.1, -0.05) is 0 Å². The molecule has 1 aliphatic rings. The van der Waals surface area contributed by atoms with E-state index in [1.165, 1.54) is 28.8 Å². The predicted octanol–water partition coefficient (Wildman–Crippen LogP) is 3.04. The van der Waals surface area contributed by atoms with Crippen molar-refractivity contribution < 1.29 is 0 Å². The van der Waals surface area contributed by atoms with Crippen molar-refractivity contribution in [3.63, 3.8) is 0 Å². The summed E-state index contributed by atoms with van der Waals surface area (Å²) in [6, 6.07) is 0.616. The molecule has 0 amide bonds. The number of hydrogen-bond donors (Lipinski definition) is 1. The zero-order valence-corrected chi connectivity index (χ0v) is 9.37. The molecule has 1 fully saturated rings. The van der Waals surface area contributed by atoms with E-state index in [0.717, 1.165) is 5.92 Å². The third kappa shape index (κ3) is 1.65. The van der Waals surface area contributed by atoms with Crippen LogP contribution in [0.2, 0.25) is 0 Å². The summed E-state index contributed by atoms with van der Waals surface area (Å²) in [5.74, 6) is 0.901. The SMILES string of the molecule is CNC(c1csc(C)c1C)C1CC1. The van der Waals surface area contributed by atoms with Crippen molar-refractivity contribution in [3.05, 3.63) is 21.4 Å².